The number of hydrogen-bond donors (Lipinski definition) is 0. The molecule has 7 heteroatoms. The van der Waals surface area contributed by atoms with Gasteiger partial charge in [-0.2, -0.15) is 0 Å². The maximum Gasteiger partial charge on any atom is 0.164 e. The molecule has 7 nitrogen and oxygen atoms in total. The van der Waals surface area contributed by atoms with Crippen LogP contribution in [0.5, 0.6) is 0 Å². The zero-order chi connectivity index (χ0) is 45.9. The smallest absolute Gasteiger partial charge is 0.164 e. The molecule has 0 spiro atoms. The molecule has 0 N–H and O–H groups in total. The summed E-state index contributed by atoms with van der Waals surface area (Å²) in [5.74, 6) is 1.67. The lowest BCUT2D eigenvalue weighted by molar-refractivity contribution is 0.668. The highest BCUT2D eigenvalue weighted by Gasteiger charge is 2.22. The minimum absolute atomic E-state index is 0.547. The van der Waals surface area contributed by atoms with Gasteiger partial charge in [0.05, 0.1) is 11.0 Å². The molecule has 0 atom stereocenters. The molecule has 0 aliphatic rings. The molecule has 0 bridgehead atoms. The van der Waals surface area contributed by atoms with E-state index in [0.29, 0.717) is 17.5 Å². The lowest BCUT2D eigenvalue weighted by Gasteiger charge is -2.09. The van der Waals surface area contributed by atoms with E-state index in [1.807, 2.05) is 66.7 Å². The molecule has 326 valence electrons. The molecule has 0 aliphatic carbocycles. The predicted octanol–water partition coefficient (Wildman–Crippen LogP) is 17.0. The number of rotatable bonds is 6. The maximum atomic E-state index is 6.88. The first-order valence-corrected chi connectivity index (χ1v) is 23.4. The average molecular weight is 897 g/mol. The van der Waals surface area contributed by atoms with E-state index in [0.717, 1.165) is 116 Å². The number of para-hydroxylation sites is 4. The highest BCUT2D eigenvalue weighted by atomic mass is 16.3. The SMILES string of the molecule is c1ccc(-c2nc(-c3ccc4c(c3)oc3ccccc34)nc(-c3cccc4oc5ccc(-c6cccc7oc8c(-c9ccc%10c(c9)c9ccccc9n%10-c9ccccc9)cccc8c67)cc5c34)n2)cc1. The molecule has 5 heterocycles. The van der Waals surface area contributed by atoms with Gasteiger partial charge in [-0.1, -0.05) is 146 Å². The van der Waals surface area contributed by atoms with E-state index in [2.05, 4.69) is 156 Å². The van der Waals surface area contributed by atoms with Gasteiger partial charge in [0.25, 0.3) is 0 Å². The topological polar surface area (TPSA) is 83.0 Å². The van der Waals surface area contributed by atoms with E-state index in [9.17, 15) is 0 Å². The summed E-state index contributed by atoms with van der Waals surface area (Å²) in [5.41, 5.74) is 15.1. The highest BCUT2D eigenvalue weighted by molar-refractivity contribution is 6.18. The summed E-state index contributed by atoms with van der Waals surface area (Å²) in [6.45, 7) is 0. The van der Waals surface area contributed by atoms with Crippen LogP contribution in [0.3, 0.4) is 0 Å². The van der Waals surface area contributed by atoms with Gasteiger partial charge in [0.1, 0.15) is 33.5 Å². The molecule has 70 heavy (non-hydrogen) atoms. The Morgan fingerprint density at radius 1 is 0.286 bits per heavy atom. The Hall–Kier alpha value is -9.59. The third kappa shape index (κ3) is 5.85. The Kier molecular flexibility index (Phi) is 8.23. The lowest BCUT2D eigenvalue weighted by Crippen LogP contribution is -2.00. The van der Waals surface area contributed by atoms with Crippen molar-refractivity contribution in [2.75, 3.05) is 0 Å². The number of aromatic nitrogens is 4. The first kappa shape index (κ1) is 38.5. The Labute approximate surface area is 399 Å². The van der Waals surface area contributed by atoms with Crippen LogP contribution in [0, 0.1) is 0 Å². The molecule has 15 aromatic rings. The van der Waals surface area contributed by atoms with Gasteiger partial charge in [-0.15, -0.1) is 0 Å². The van der Waals surface area contributed by atoms with Crippen molar-refractivity contribution in [3.8, 4) is 62.1 Å². The second-order valence-corrected chi connectivity index (χ2v) is 17.9. The summed E-state index contributed by atoms with van der Waals surface area (Å²) >= 11 is 0. The largest absolute Gasteiger partial charge is 0.456 e. The summed E-state index contributed by atoms with van der Waals surface area (Å²) in [7, 11) is 0. The van der Waals surface area contributed by atoms with Crippen LogP contribution in [0.2, 0.25) is 0 Å². The minimum Gasteiger partial charge on any atom is -0.456 e. The molecule has 0 fully saturated rings. The first-order valence-electron chi connectivity index (χ1n) is 23.4. The summed E-state index contributed by atoms with van der Waals surface area (Å²) in [6.07, 6.45) is 0. The summed E-state index contributed by atoms with van der Waals surface area (Å²) < 4.78 is 22.1. The third-order valence-corrected chi connectivity index (χ3v) is 13.9. The van der Waals surface area contributed by atoms with Gasteiger partial charge in [-0.05, 0) is 89.5 Å². The molecular formula is C63H36N4O3. The van der Waals surface area contributed by atoms with Crippen LogP contribution in [-0.2, 0) is 0 Å². The Balaban J connectivity index is 0.879. The number of fused-ring (bicyclic) bond motifs is 12. The van der Waals surface area contributed by atoms with Crippen LogP contribution in [0.1, 0.15) is 0 Å². The van der Waals surface area contributed by atoms with Gasteiger partial charge in [0.15, 0.2) is 17.5 Å². The van der Waals surface area contributed by atoms with Crippen LogP contribution in [0.4, 0.5) is 0 Å². The molecule has 0 unspecified atom stereocenters. The van der Waals surface area contributed by atoms with E-state index in [1.54, 1.807) is 0 Å². The number of benzene rings is 10. The molecule has 0 aliphatic heterocycles. The number of hydrogen-bond acceptors (Lipinski definition) is 6. The van der Waals surface area contributed by atoms with Crippen LogP contribution in [0.15, 0.2) is 232 Å². The summed E-state index contributed by atoms with van der Waals surface area (Å²) in [5, 5.41) is 8.53. The molecule has 0 saturated heterocycles. The number of nitrogens with zero attached hydrogens (tertiary/aromatic N) is 4. The fourth-order valence-electron chi connectivity index (χ4n) is 10.7. The van der Waals surface area contributed by atoms with E-state index >= 15 is 0 Å². The van der Waals surface area contributed by atoms with Crippen LogP contribution < -0.4 is 0 Å². The predicted molar refractivity (Wildman–Crippen MR) is 283 cm³/mol. The Morgan fingerprint density at radius 2 is 0.843 bits per heavy atom. The average Bonchev–Trinajstić information content (AvgIpc) is 4.19. The first-order chi connectivity index (χ1) is 34.7. The van der Waals surface area contributed by atoms with E-state index in [-0.39, 0.29) is 0 Å². The molecule has 0 saturated carbocycles. The van der Waals surface area contributed by atoms with E-state index < -0.39 is 0 Å². The minimum atomic E-state index is 0.547. The van der Waals surface area contributed by atoms with Gasteiger partial charge in [0.2, 0.25) is 0 Å². The van der Waals surface area contributed by atoms with Crippen molar-refractivity contribution < 1.29 is 13.3 Å². The molecule has 0 amide bonds. The third-order valence-electron chi connectivity index (χ3n) is 13.9. The lowest BCUT2D eigenvalue weighted by atomic mass is 9.95. The Morgan fingerprint density at radius 3 is 1.71 bits per heavy atom. The fraction of sp³-hybridized carbons (Fsp3) is 0. The zero-order valence-electron chi connectivity index (χ0n) is 37.3. The molecular weight excluding hydrogens is 861 g/mol. The van der Waals surface area contributed by atoms with Gasteiger partial charge >= 0.3 is 0 Å². The van der Waals surface area contributed by atoms with Crippen molar-refractivity contribution >= 4 is 87.6 Å². The summed E-state index contributed by atoms with van der Waals surface area (Å²) in [4.78, 5) is 15.4. The van der Waals surface area contributed by atoms with Gasteiger partial charge < -0.3 is 17.8 Å². The fourth-order valence-corrected chi connectivity index (χ4v) is 10.7. The van der Waals surface area contributed by atoms with Crippen LogP contribution in [0.25, 0.3) is 150 Å². The van der Waals surface area contributed by atoms with Gasteiger partial charge in [-0.25, -0.2) is 15.0 Å². The van der Waals surface area contributed by atoms with Crippen molar-refractivity contribution in [1.82, 2.24) is 19.5 Å². The van der Waals surface area contributed by atoms with Crippen molar-refractivity contribution in [3.63, 3.8) is 0 Å². The Bertz CT molecular complexity index is 4600. The molecule has 0 radical (unpaired) electrons. The molecule has 10 aromatic carbocycles. The van der Waals surface area contributed by atoms with Gasteiger partial charge in [0, 0.05) is 71.0 Å². The normalized spacial score (nSPS) is 12.0. The maximum absolute atomic E-state index is 6.88. The monoisotopic (exact) mass is 896 g/mol. The standard InChI is InChI=1S/C63H36N4O3/c1-3-14-37(15-4-1)61-64-62(40-28-31-46-45-19-8-10-25-53(45)69-57(46)36-40)66-63(65-61)48-23-13-26-55-59(48)50-35-38(30-33-54(50)68-55)42-20-12-27-56-58(42)47-22-11-21-43(60(47)70-56)39-29-32-52-49(34-39)44-18-7-9-24-51(44)67(52)41-16-5-2-6-17-41/h1-36H. The van der Waals surface area contributed by atoms with Crippen molar-refractivity contribution in [2.45, 2.75) is 0 Å². The van der Waals surface area contributed by atoms with Crippen LogP contribution >= 0.6 is 0 Å². The zero-order valence-corrected chi connectivity index (χ0v) is 37.3. The van der Waals surface area contributed by atoms with Crippen molar-refractivity contribution in [3.05, 3.63) is 218 Å². The second-order valence-electron chi connectivity index (χ2n) is 17.9. The highest BCUT2D eigenvalue weighted by Crippen LogP contribution is 2.44. The van der Waals surface area contributed by atoms with E-state index in [4.69, 9.17) is 28.2 Å². The van der Waals surface area contributed by atoms with Crippen molar-refractivity contribution in [1.29, 1.82) is 0 Å². The van der Waals surface area contributed by atoms with Crippen molar-refractivity contribution in [2.24, 2.45) is 0 Å². The van der Waals surface area contributed by atoms with Gasteiger partial charge in [-0.3, -0.25) is 0 Å². The van der Waals surface area contributed by atoms with E-state index in [1.165, 1.54) is 16.3 Å². The quantitative estimate of drug-likeness (QED) is 0.165. The number of furan rings is 3. The second kappa shape index (κ2) is 15.0. The molecule has 5 aromatic heterocycles. The summed E-state index contributed by atoms with van der Waals surface area (Å²) in [6, 6.07) is 75.6. The molecule has 15 rings (SSSR count). The van der Waals surface area contributed by atoms with Crippen LogP contribution in [-0.4, -0.2) is 19.5 Å².